The van der Waals surface area contributed by atoms with Crippen molar-refractivity contribution in [2.24, 2.45) is 0 Å². The summed E-state index contributed by atoms with van der Waals surface area (Å²) in [4.78, 5) is 36.0. The molecule has 2 aromatic carbocycles. The van der Waals surface area contributed by atoms with Gasteiger partial charge in [0.05, 0.1) is 43.6 Å². The molecule has 12 heteroatoms. The molecule has 1 aliphatic rings. The number of carbonyl (C=O) groups is 2. The van der Waals surface area contributed by atoms with E-state index < -0.39 is 5.97 Å². The third kappa shape index (κ3) is 5.11. The maximum absolute atomic E-state index is 13.3. The van der Waals surface area contributed by atoms with Crippen LogP contribution in [0.1, 0.15) is 64.6 Å². The Morgan fingerprint density at radius 3 is 2.61 bits per heavy atom. The predicted molar refractivity (Wildman–Crippen MR) is 169 cm³/mol. The lowest BCUT2D eigenvalue weighted by Crippen LogP contribution is -2.20. The number of amides is 1. The Morgan fingerprint density at radius 2 is 1.89 bits per heavy atom. The highest BCUT2D eigenvalue weighted by Crippen LogP contribution is 2.45. The molecule has 0 radical (unpaired) electrons. The van der Waals surface area contributed by atoms with Gasteiger partial charge < -0.3 is 9.67 Å². The molecule has 0 spiro atoms. The number of nitrogens with one attached hydrogen (secondary N) is 2. The Labute approximate surface area is 256 Å². The Morgan fingerprint density at radius 1 is 1.05 bits per heavy atom. The van der Waals surface area contributed by atoms with Crippen LogP contribution in [0.2, 0.25) is 0 Å². The van der Waals surface area contributed by atoms with Gasteiger partial charge in [-0.15, -0.1) is 16.4 Å². The van der Waals surface area contributed by atoms with Crippen LogP contribution in [0.5, 0.6) is 0 Å². The van der Waals surface area contributed by atoms with Gasteiger partial charge >= 0.3 is 5.97 Å². The maximum atomic E-state index is 13.3. The van der Waals surface area contributed by atoms with Crippen molar-refractivity contribution in [2.45, 2.75) is 58.4 Å². The average molecular weight is 607 g/mol. The number of hydrogen-bond donors (Lipinski definition) is 3. The van der Waals surface area contributed by atoms with Crippen LogP contribution in [0.3, 0.4) is 0 Å². The van der Waals surface area contributed by atoms with Gasteiger partial charge in [0.2, 0.25) is 5.91 Å². The molecule has 222 valence electrons. The summed E-state index contributed by atoms with van der Waals surface area (Å²) >= 11 is 1.64. The first-order valence-electron chi connectivity index (χ1n) is 14.6. The molecule has 6 aromatic rings. The number of anilines is 1. The van der Waals surface area contributed by atoms with E-state index in [-0.39, 0.29) is 29.9 Å². The number of aryl methyl sites for hydroxylation is 2. The number of thiazole rings is 1. The van der Waals surface area contributed by atoms with Crippen molar-refractivity contribution >= 4 is 51.0 Å². The fraction of sp³-hybridized carbons (Fsp3) is 0.281. The van der Waals surface area contributed by atoms with Crippen molar-refractivity contribution < 1.29 is 14.7 Å². The lowest BCUT2D eigenvalue weighted by molar-refractivity contribution is -0.116. The number of aromatic nitrogens is 7. The van der Waals surface area contributed by atoms with Crippen molar-refractivity contribution in [3.63, 3.8) is 0 Å². The summed E-state index contributed by atoms with van der Waals surface area (Å²) in [6.07, 6.45) is 5.53. The van der Waals surface area contributed by atoms with Crippen molar-refractivity contribution in [2.75, 3.05) is 5.32 Å². The number of hydrogen-bond acceptors (Lipinski definition) is 8. The lowest BCUT2D eigenvalue weighted by atomic mass is 9.81. The Balaban J connectivity index is 1.41. The van der Waals surface area contributed by atoms with Crippen LogP contribution in [-0.4, -0.2) is 52.1 Å². The van der Waals surface area contributed by atoms with Gasteiger partial charge in [-0.1, -0.05) is 42.6 Å². The summed E-state index contributed by atoms with van der Waals surface area (Å²) in [6, 6.07) is 15.5. The van der Waals surface area contributed by atoms with Crippen molar-refractivity contribution in [3.8, 4) is 21.8 Å². The van der Waals surface area contributed by atoms with Crippen LogP contribution in [-0.2, 0) is 11.3 Å². The number of carboxylic acid groups (broad SMARTS) is 1. The van der Waals surface area contributed by atoms with Gasteiger partial charge in [0.25, 0.3) is 5.95 Å². The minimum Gasteiger partial charge on any atom is -0.478 e. The second-order valence-corrected chi connectivity index (χ2v) is 12.5. The lowest BCUT2D eigenvalue weighted by Gasteiger charge is -2.24. The molecule has 1 fully saturated rings. The first-order chi connectivity index (χ1) is 21.4. The zero-order valence-electron chi connectivity index (χ0n) is 24.3. The summed E-state index contributed by atoms with van der Waals surface area (Å²) in [6.45, 7) is 3.94. The van der Waals surface area contributed by atoms with Gasteiger partial charge in [0.1, 0.15) is 6.54 Å². The number of aromatic amines is 1. The summed E-state index contributed by atoms with van der Waals surface area (Å²) in [7, 11) is 0. The number of carboxylic acids is 1. The van der Waals surface area contributed by atoms with Gasteiger partial charge in [-0.3, -0.25) is 10.1 Å². The highest BCUT2D eigenvalue weighted by molar-refractivity contribution is 7.15. The van der Waals surface area contributed by atoms with Gasteiger partial charge in [0.15, 0.2) is 0 Å². The third-order valence-corrected chi connectivity index (χ3v) is 9.46. The molecule has 0 unspecified atom stereocenters. The van der Waals surface area contributed by atoms with Gasteiger partial charge in [-0.2, -0.15) is 5.21 Å². The van der Waals surface area contributed by atoms with E-state index in [4.69, 9.17) is 4.98 Å². The van der Waals surface area contributed by atoms with Crippen LogP contribution in [0.15, 0.2) is 48.5 Å². The first-order valence-corrected chi connectivity index (χ1v) is 15.5. The molecule has 44 heavy (non-hydrogen) atoms. The highest BCUT2D eigenvalue weighted by atomic mass is 32.1. The normalized spacial score (nSPS) is 14.0. The van der Waals surface area contributed by atoms with E-state index in [1.54, 1.807) is 23.5 Å². The molecule has 0 saturated heterocycles. The minimum absolute atomic E-state index is 0.0601. The van der Waals surface area contributed by atoms with Gasteiger partial charge in [-0.25, -0.2) is 14.8 Å². The zero-order valence-corrected chi connectivity index (χ0v) is 25.1. The zero-order chi connectivity index (χ0) is 30.4. The molecular weight excluding hydrogens is 576 g/mol. The molecule has 0 bridgehead atoms. The number of H-pyrrole nitrogens is 1. The highest BCUT2D eigenvalue weighted by Gasteiger charge is 2.28. The molecule has 4 heterocycles. The number of aromatic carboxylic acids is 1. The summed E-state index contributed by atoms with van der Waals surface area (Å²) < 4.78 is 1.94. The molecule has 4 aromatic heterocycles. The number of rotatable bonds is 7. The van der Waals surface area contributed by atoms with Crippen LogP contribution in [0.25, 0.3) is 43.6 Å². The fourth-order valence-electron chi connectivity index (χ4n) is 6.48. The van der Waals surface area contributed by atoms with E-state index in [1.165, 1.54) is 6.42 Å². The van der Waals surface area contributed by atoms with Gasteiger partial charge in [-0.05, 0) is 79.3 Å². The predicted octanol–water partition coefficient (Wildman–Crippen LogP) is 6.49. The Bertz CT molecular complexity index is 2040. The number of carbonyl (C=O) groups excluding carboxylic acids is 1. The molecule has 3 N–H and O–H groups in total. The van der Waals surface area contributed by atoms with E-state index >= 15 is 0 Å². The molecule has 0 atom stereocenters. The molecule has 1 amide bonds. The topological polar surface area (TPSA) is 152 Å². The number of nitrogens with zero attached hydrogens (tertiary/aromatic N) is 6. The number of tetrazole rings is 1. The Kier molecular flexibility index (Phi) is 7.13. The van der Waals surface area contributed by atoms with Crippen LogP contribution >= 0.6 is 11.3 Å². The quantitative estimate of drug-likeness (QED) is 0.186. The van der Waals surface area contributed by atoms with E-state index in [2.05, 4.69) is 49.1 Å². The number of pyridine rings is 1. The van der Waals surface area contributed by atoms with Gasteiger partial charge in [0, 0.05) is 10.8 Å². The average Bonchev–Trinajstić information content (AvgIpc) is 3.74. The second kappa shape index (κ2) is 11.3. The smallest absolute Gasteiger partial charge is 0.335 e. The van der Waals surface area contributed by atoms with Crippen molar-refractivity contribution in [3.05, 3.63) is 70.4 Å². The fourth-order valence-corrected chi connectivity index (χ4v) is 7.37. The summed E-state index contributed by atoms with van der Waals surface area (Å²) in [5, 5.41) is 29.0. The standard InChI is InChI=1S/C32H30N8O3S/c1-17-30(44-18(2)33-17)25-13-9-20-14-21(10-12-24(20)34-25)29-28(19-6-4-3-5-7-19)23-11-8-22(31(42)43)15-26(23)40(29)16-27(41)35-32-36-38-39-37-32/h8-15,19H,3-7,16H2,1-2H3,(H,42,43)(H2,35,36,37,38,39,41). The van der Waals surface area contributed by atoms with E-state index in [0.717, 1.165) is 80.1 Å². The molecule has 11 nitrogen and oxygen atoms in total. The monoisotopic (exact) mass is 606 g/mol. The molecular formula is C32H30N8O3S. The maximum Gasteiger partial charge on any atom is 0.335 e. The molecule has 0 aliphatic heterocycles. The molecule has 1 saturated carbocycles. The van der Waals surface area contributed by atoms with Crippen molar-refractivity contribution in [1.82, 2.24) is 35.2 Å². The minimum atomic E-state index is -1.02. The Hall–Kier alpha value is -4.97. The van der Waals surface area contributed by atoms with E-state index in [9.17, 15) is 14.7 Å². The SMILES string of the molecule is Cc1nc(C)c(-c2ccc3cc(-c4c(C5CCCCC5)c5ccc(C(=O)O)cc5n4CC(=O)Nc4nn[nH]n4)ccc3n2)s1. The van der Waals surface area contributed by atoms with Crippen LogP contribution in [0, 0.1) is 13.8 Å². The first kappa shape index (κ1) is 27.8. The summed E-state index contributed by atoms with van der Waals surface area (Å²) in [5.74, 6) is -1.00. The number of fused-ring (bicyclic) bond motifs is 2. The van der Waals surface area contributed by atoms with Crippen LogP contribution < -0.4 is 5.32 Å². The third-order valence-electron chi connectivity index (χ3n) is 8.36. The number of benzene rings is 2. The molecule has 1 aliphatic carbocycles. The molecule has 7 rings (SSSR count). The van der Waals surface area contributed by atoms with E-state index in [0.29, 0.717) is 5.52 Å². The van der Waals surface area contributed by atoms with Crippen LogP contribution in [0.4, 0.5) is 5.95 Å². The van der Waals surface area contributed by atoms with Crippen molar-refractivity contribution in [1.29, 1.82) is 0 Å². The summed E-state index contributed by atoms with van der Waals surface area (Å²) in [5.41, 5.74) is 6.61. The van der Waals surface area contributed by atoms with E-state index in [1.807, 2.05) is 36.6 Å². The second-order valence-electron chi connectivity index (χ2n) is 11.3. The largest absolute Gasteiger partial charge is 0.478 e.